The van der Waals surface area contributed by atoms with Gasteiger partial charge in [0.1, 0.15) is 18.0 Å². The van der Waals surface area contributed by atoms with E-state index in [1.165, 1.54) is 6.33 Å². The number of rotatable bonds is 3. The third-order valence-corrected chi connectivity index (χ3v) is 2.15. The highest BCUT2D eigenvalue weighted by Crippen LogP contribution is 2.15. The molecule has 0 saturated heterocycles. The van der Waals surface area contributed by atoms with E-state index in [0.29, 0.717) is 18.1 Å². The second kappa shape index (κ2) is 4.05. The molecule has 78 valence electrons. The smallest absolute Gasteiger partial charge is 0.141 e. The molecule has 5 N–H and O–H groups in total. The Morgan fingerprint density at radius 3 is 2.93 bits per heavy atom. The lowest BCUT2D eigenvalue weighted by Crippen LogP contribution is -2.16. The van der Waals surface area contributed by atoms with Crippen LogP contribution in [0.3, 0.4) is 0 Å². The molecular weight excluding hydrogens is 192 g/mol. The molecule has 0 spiro atoms. The highest BCUT2D eigenvalue weighted by Gasteiger charge is 2.11. The van der Waals surface area contributed by atoms with Crippen molar-refractivity contribution in [3.63, 3.8) is 0 Å². The molecule has 0 radical (unpaired) electrons. The Bertz CT molecular complexity index is 424. The fourth-order valence-electron chi connectivity index (χ4n) is 1.35. The predicted molar refractivity (Wildman–Crippen MR) is 55.7 cm³/mol. The summed E-state index contributed by atoms with van der Waals surface area (Å²) >= 11 is 0. The monoisotopic (exact) mass is 204 g/mol. The predicted octanol–water partition coefficient (Wildman–Crippen LogP) is 0.0244. The second-order valence-corrected chi connectivity index (χ2v) is 3.23. The molecule has 6 nitrogen and oxygen atoms in total. The van der Waals surface area contributed by atoms with Gasteiger partial charge in [0, 0.05) is 6.20 Å². The lowest BCUT2D eigenvalue weighted by Gasteiger charge is -2.09. The van der Waals surface area contributed by atoms with Crippen molar-refractivity contribution in [2.24, 2.45) is 5.73 Å². The van der Waals surface area contributed by atoms with E-state index in [1.54, 1.807) is 6.20 Å². The first-order chi connectivity index (χ1) is 7.27. The first kappa shape index (κ1) is 9.60. The van der Waals surface area contributed by atoms with Gasteiger partial charge in [-0.3, -0.25) is 5.10 Å². The Labute approximate surface area is 86.7 Å². The molecule has 0 saturated carbocycles. The Morgan fingerprint density at radius 2 is 2.27 bits per heavy atom. The normalized spacial score (nSPS) is 12.6. The van der Waals surface area contributed by atoms with Gasteiger partial charge in [-0.15, -0.1) is 0 Å². The molecule has 1 atom stereocenters. The SMILES string of the molecule is Nc1ncccc1CC(N)c1ncn[nH]1. The maximum atomic E-state index is 5.92. The van der Waals surface area contributed by atoms with E-state index >= 15 is 0 Å². The van der Waals surface area contributed by atoms with Gasteiger partial charge in [-0.05, 0) is 18.1 Å². The minimum absolute atomic E-state index is 0.237. The number of hydrogen-bond donors (Lipinski definition) is 3. The van der Waals surface area contributed by atoms with Crippen LogP contribution in [-0.2, 0) is 6.42 Å². The summed E-state index contributed by atoms with van der Waals surface area (Å²) in [5, 5.41) is 6.47. The Morgan fingerprint density at radius 1 is 1.40 bits per heavy atom. The summed E-state index contributed by atoms with van der Waals surface area (Å²) < 4.78 is 0. The summed E-state index contributed by atoms with van der Waals surface area (Å²) in [5.41, 5.74) is 12.6. The van der Waals surface area contributed by atoms with Gasteiger partial charge in [0.25, 0.3) is 0 Å². The molecule has 2 heterocycles. The number of nitrogens with zero attached hydrogens (tertiary/aromatic N) is 3. The van der Waals surface area contributed by atoms with E-state index in [9.17, 15) is 0 Å². The summed E-state index contributed by atoms with van der Waals surface area (Å²) in [6.45, 7) is 0. The van der Waals surface area contributed by atoms with Gasteiger partial charge in [-0.1, -0.05) is 6.07 Å². The number of nitrogen functional groups attached to an aromatic ring is 1. The molecule has 0 aliphatic heterocycles. The quantitative estimate of drug-likeness (QED) is 0.653. The van der Waals surface area contributed by atoms with Crippen molar-refractivity contribution in [3.05, 3.63) is 36.0 Å². The van der Waals surface area contributed by atoms with Crippen molar-refractivity contribution in [2.75, 3.05) is 5.73 Å². The van der Waals surface area contributed by atoms with Crippen molar-refractivity contribution in [1.82, 2.24) is 20.2 Å². The number of pyridine rings is 1. The fraction of sp³-hybridized carbons (Fsp3) is 0.222. The zero-order chi connectivity index (χ0) is 10.7. The van der Waals surface area contributed by atoms with E-state index in [1.807, 2.05) is 12.1 Å². The first-order valence-corrected chi connectivity index (χ1v) is 4.57. The lowest BCUT2D eigenvalue weighted by molar-refractivity contribution is 0.671. The average Bonchev–Trinajstić information content (AvgIpc) is 2.74. The number of nitrogens with two attached hydrogens (primary N) is 2. The first-order valence-electron chi connectivity index (χ1n) is 4.57. The van der Waals surface area contributed by atoms with Crippen LogP contribution >= 0.6 is 0 Å². The summed E-state index contributed by atoms with van der Waals surface area (Å²) in [7, 11) is 0. The molecule has 6 heteroatoms. The third kappa shape index (κ3) is 2.10. The number of aromatic amines is 1. The zero-order valence-electron chi connectivity index (χ0n) is 8.09. The summed E-state index contributed by atoms with van der Waals surface area (Å²) in [6, 6.07) is 3.50. The maximum absolute atomic E-state index is 5.92. The molecule has 2 rings (SSSR count). The fourth-order valence-corrected chi connectivity index (χ4v) is 1.35. The summed E-state index contributed by atoms with van der Waals surface area (Å²) in [4.78, 5) is 7.98. The van der Waals surface area contributed by atoms with Gasteiger partial charge >= 0.3 is 0 Å². The number of H-pyrrole nitrogens is 1. The van der Waals surface area contributed by atoms with Gasteiger partial charge in [0.15, 0.2) is 0 Å². The van der Waals surface area contributed by atoms with Crippen LogP contribution in [0.5, 0.6) is 0 Å². The van der Waals surface area contributed by atoms with Crippen LogP contribution < -0.4 is 11.5 Å². The Kier molecular flexibility index (Phi) is 2.59. The van der Waals surface area contributed by atoms with Crippen LogP contribution in [0, 0.1) is 0 Å². The largest absolute Gasteiger partial charge is 0.383 e. The second-order valence-electron chi connectivity index (χ2n) is 3.23. The Hall–Kier alpha value is -1.95. The molecule has 15 heavy (non-hydrogen) atoms. The molecule has 1 unspecified atom stereocenters. The van der Waals surface area contributed by atoms with Crippen molar-refractivity contribution in [3.8, 4) is 0 Å². The summed E-state index contributed by atoms with van der Waals surface area (Å²) in [5.74, 6) is 1.16. The zero-order valence-corrected chi connectivity index (χ0v) is 8.09. The Balaban J connectivity index is 2.13. The van der Waals surface area contributed by atoms with Crippen molar-refractivity contribution >= 4 is 5.82 Å². The van der Waals surface area contributed by atoms with Crippen LogP contribution in [0.25, 0.3) is 0 Å². The minimum atomic E-state index is -0.237. The maximum Gasteiger partial charge on any atom is 0.141 e. The molecule has 0 fully saturated rings. The van der Waals surface area contributed by atoms with Crippen LogP contribution in [0.4, 0.5) is 5.82 Å². The molecule has 2 aromatic heterocycles. The highest BCUT2D eigenvalue weighted by atomic mass is 15.2. The van der Waals surface area contributed by atoms with Crippen LogP contribution in [0.15, 0.2) is 24.7 Å². The van der Waals surface area contributed by atoms with Crippen LogP contribution in [0.1, 0.15) is 17.4 Å². The number of hydrogen-bond acceptors (Lipinski definition) is 5. The molecular formula is C9H12N6. The molecule has 0 aliphatic rings. The average molecular weight is 204 g/mol. The van der Waals surface area contributed by atoms with E-state index in [4.69, 9.17) is 11.5 Å². The van der Waals surface area contributed by atoms with Crippen molar-refractivity contribution in [1.29, 1.82) is 0 Å². The lowest BCUT2D eigenvalue weighted by atomic mass is 10.1. The van der Waals surface area contributed by atoms with Crippen molar-refractivity contribution < 1.29 is 0 Å². The highest BCUT2D eigenvalue weighted by molar-refractivity contribution is 5.39. The molecule has 0 amide bonds. The van der Waals surface area contributed by atoms with Gasteiger partial charge in [0.05, 0.1) is 6.04 Å². The topological polar surface area (TPSA) is 106 Å². The third-order valence-electron chi connectivity index (χ3n) is 2.15. The van der Waals surface area contributed by atoms with E-state index in [2.05, 4.69) is 20.2 Å². The van der Waals surface area contributed by atoms with E-state index in [-0.39, 0.29) is 6.04 Å². The summed E-state index contributed by atoms with van der Waals surface area (Å²) in [6.07, 6.45) is 3.68. The van der Waals surface area contributed by atoms with Gasteiger partial charge in [0.2, 0.25) is 0 Å². The van der Waals surface area contributed by atoms with Gasteiger partial charge in [-0.25, -0.2) is 9.97 Å². The molecule has 0 bridgehead atoms. The van der Waals surface area contributed by atoms with Crippen molar-refractivity contribution in [2.45, 2.75) is 12.5 Å². The van der Waals surface area contributed by atoms with Crippen LogP contribution in [0.2, 0.25) is 0 Å². The van der Waals surface area contributed by atoms with E-state index in [0.717, 1.165) is 5.56 Å². The van der Waals surface area contributed by atoms with Gasteiger partial charge < -0.3 is 11.5 Å². The van der Waals surface area contributed by atoms with Crippen LogP contribution in [-0.4, -0.2) is 20.2 Å². The number of aromatic nitrogens is 4. The van der Waals surface area contributed by atoms with E-state index < -0.39 is 0 Å². The molecule has 0 aliphatic carbocycles. The van der Waals surface area contributed by atoms with Gasteiger partial charge in [-0.2, -0.15) is 5.10 Å². The molecule has 2 aromatic rings. The number of anilines is 1. The minimum Gasteiger partial charge on any atom is -0.383 e. The standard InChI is InChI=1S/C9H12N6/c10-7(9-13-5-14-15-9)4-6-2-1-3-12-8(6)11/h1-3,5,7H,4,10H2,(H2,11,12)(H,13,14,15). The number of nitrogens with one attached hydrogen (secondary N) is 1. The molecule has 0 aromatic carbocycles.